The largest absolute Gasteiger partial charge is 0.444 e. The van der Waals surface area contributed by atoms with Crippen LogP contribution in [0, 0.1) is 0 Å². The lowest BCUT2D eigenvalue weighted by Gasteiger charge is -2.20. The molecule has 0 unspecified atom stereocenters. The zero-order chi connectivity index (χ0) is 16.0. The predicted molar refractivity (Wildman–Crippen MR) is 80.8 cm³/mol. The van der Waals surface area contributed by atoms with Crippen molar-refractivity contribution in [2.24, 2.45) is 5.73 Å². The summed E-state index contributed by atoms with van der Waals surface area (Å²) in [4.78, 5) is 23.5. The summed E-state index contributed by atoms with van der Waals surface area (Å²) >= 11 is 0. The zero-order valence-electron chi connectivity index (χ0n) is 12.9. The van der Waals surface area contributed by atoms with Crippen LogP contribution in [0.25, 0.3) is 0 Å². The number of hydrogen-bond acceptors (Lipinski definition) is 4. The quantitative estimate of drug-likeness (QED) is 0.784. The molecule has 1 rings (SSSR count). The summed E-state index contributed by atoms with van der Waals surface area (Å²) < 4.78 is 5.17. The van der Waals surface area contributed by atoms with Gasteiger partial charge >= 0.3 is 6.09 Å². The van der Waals surface area contributed by atoms with Gasteiger partial charge in [-0.2, -0.15) is 0 Å². The molecule has 6 nitrogen and oxygen atoms in total. The molecule has 0 aliphatic rings. The van der Waals surface area contributed by atoms with E-state index < -0.39 is 11.7 Å². The molecular formula is C15H23N3O3. The third-order valence-electron chi connectivity index (χ3n) is 2.70. The molecule has 4 N–H and O–H groups in total. The van der Waals surface area contributed by atoms with Gasteiger partial charge < -0.3 is 21.1 Å². The maximum absolute atomic E-state index is 11.8. The highest BCUT2D eigenvalue weighted by atomic mass is 16.6. The summed E-state index contributed by atoms with van der Waals surface area (Å²) in [5.41, 5.74) is 7.14. The van der Waals surface area contributed by atoms with Crippen molar-refractivity contribution in [3.8, 4) is 0 Å². The van der Waals surface area contributed by atoms with Crippen molar-refractivity contribution in [2.75, 3.05) is 7.05 Å². The van der Waals surface area contributed by atoms with E-state index in [0.29, 0.717) is 17.7 Å². The highest BCUT2D eigenvalue weighted by Gasteiger charge is 2.17. The van der Waals surface area contributed by atoms with Crippen LogP contribution in [-0.4, -0.2) is 24.6 Å². The molecule has 1 aromatic carbocycles. The smallest absolute Gasteiger partial charge is 0.407 e. The zero-order valence-corrected chi connectivity index (χ0v) is 12.9. The molecule has 0 aliphatic heterocycles. The van der Waals surface area contributed by atoms with E-state index in [4.69, 9.17) is 10.5 Å². The molecule has 0 fully saturated rings. The van der Waals surface area contributed by atoms with E-state index in [0.717, 1.165) is 5.56 Å². The summed E-state index contributed by atoms with van der Waals surface area (Å²) in [5.74, 6) is -0.209. The first-order valence-corrected chi connectivity index (χ1v) is 6.77. The molecule has 0 aliphatic carbocycles. The lowest BCUT2D eigenvalue weighted by molar-refractivity contribution is 0.0523. The molecule has 0 bridgehead atoms. The van der Waals surface area contributed by atoms with Crippen LogP contribution >= 0.6 is 0 Å². The second kappa shape index (κ2) is 7.08. The van der Waals surface area contributed by atoms with Gasteiger partial charge in [-0.25, -0.2) is 4.79 Å². The molecule has 21 heavy (non-hydrogen) atoms. The van der Waals surface area contributed by atoms with Crippen molar-refractivity contribution in [1.29, 1.82) is 0 Å². The Morgan fingerprint density at radius 3 is 2.48 bits per heavy atom. The highest BCUT2D eigenvalue weighted by molar-refractivity contribution is 5.95. The van der Waals surface area contributed by atoms with Gasteiger partial charge in [0, 0.05) is 25.7 Å². The molecule has 116 valence electrons. The minimum absolute atomic E-state index is 0.200. The normalized spacial score (nSPS) is 10.9. The van der Waals surface area contributed by atoms with E-state index in [-0.39, 0.29) is 12.5 Å². The molecule has 0 radical (unpaired) electrons. The van der Waals surface area contributed by atoms with Gasteiger partial charge in [0.2, 0.25) is 0 Å². The van der Waals surface area contributed by atoms with Crippen LogP contribution in [0.2, 0.25) is 0 Å². The number of hydrogen-bond donors (Lipinski definition) is 3. The molecule has 0 atom stereocenters. The first kappa shape index (κ1) is 17.0. The van der Waals surface area contributed by atoms with Crippen molar-refractivity contribution in [3.63, 3.8) is 0 Å². The third kappa shape index (κ3) is 5.43. The molecule has 0 saturated heterocycles. The molecule has 0 saturated carbocycles. The maximum Gasteiger partial charge on any atom is 0.407 e. The highest BCUT2D eigenvalue weighted by Crippen LogP contribution is 2.13. The average Bonchev–Trinajstić information content (AvgIpc) is 2.42. The van der Waals surface area contributed by atoms with E-state index in [9.17, 15) is 9.59 Å². The Kier molecular flexibility index (Phi) is 5.72. The molecule has 2 amide bonds. The molecular weight excluding hydrogens is 270 g/mol. The van der Waals surface area contributed by atoms with Gasteiger partial charge in [-0.15, -0.1) is 0 Å². The summed E-state index contributed by atoms with van der Waals surface area (Å²) in [6, 6.07) is 5.30. The molecule has 0 spiro atoms. The van der Waals surface area contributed by atoms with Crippen molar-refractivity contribution in [2.45, 2.75) is 39.5 Å². The number of nitrogens with two attached hydrogens (primary N) is 1. The van der Waals surface area contributed by atoms with Gasteiger partial charge in [-0.3, -0.25) is 4.79 Å². The number of alkyl carbamates (subject to hydrolysis) is 1. The number of benzene rings is 1. The summed E-state index contributed by atoms with van der Waals surface area (Å²) in [6.07, 6.45) is -0.525. The molecule has 0 aromatic heterocycles. The second-order valence-corrected chi connectivity index (χ2v) is 5.63. The van der Waals surface area contributed by atoms with Crippen LogP contribution in [0.1, 0.15) is 42.3 Å². The maximum atomic E-state index is 11.8. The van der Waals surface area contributed by atoms with Gasteiger partial charge in [0.1, 0.15) is 5.60 Å². The summed E-state index contributed by atoms with van der Waals surface area (Å²) in [6.45, 7) is 5.94. The van der Waals surface area contributed by atoms with E-state index in [1.54, 1.807) is 40.0 Å². The fraction of sp³-hybridized carbons (Fsp3) is 0.467. The Labute approximate surface area is 125 Å². The van der Waals surface area contributed by atoms with Gasteiger partial charge in [-0.1, -0.05) is 12.1 Å². The van der Waals surface area contributed by atoms with Gasteiger partial charge in [0.15, 0.2) is 0 Å². The number of carbonyl (C=O) groups excluding carboxylic acids is 2. The van der Waals surface area contributed by atoms with Gasteiger partial charge in [0.25, 0.3) is 5.91 Å². The Bertz CT molecular complexity index is 521. The monoisotopic (exact) mass is 293 g/mol. The van der Waals surface area contributed by atoms with E-state index in [1.165, 1.54) is 0 Å². The van der Waals surface area contributed by atoms with E-state index >= 15 is 0 Å². The van der Waals surface area contributed by atoms with E-state index in [2.05, 4.69) is 10.6 Å². The van der Waals surface area contributed by atoms with Crippen LogP contribution in [0.15, 0.2) is 18.2 Å². The fourth-order valence-electron chi connectivity index (χ4n) is 1.76. The SMILES string of the molecule is CNC(=O)c1ccc(CN)cc1CNC(=O)OC(C)(C)C. The lowest BCUT2D eigenvalue weighted by Crippen LogP contribution is -2.32. The standard InChI is InChI=1S/C15H23N3O3/c1-15(2,3)21-14(20)18-9-11-7-10(8-16)5-6-12(11)13(19)17-4/h5-7H,8-9,16H2,1-4H3,(H,17,19)(H,18,20). The Morgan fingerprint density at radius 1 is 1.29 bits per heavy atom. The van der Waals surface area contributed by atoms with Crippen molar-refractivity contribution < 1.29 is 14.3 Å². The van der Waals surface area contributed by atoms with Crippen LogP contribution in [-0.2, 0) is 17.8 Å². The predicted octanol–water partition coefficient (Wildman–Crippen LogP) is 1.53. The topological polar surface area (TPSA) is 93.5 Å². The third-order valence-corrected chi connectivity index (χ3v) is 2.70. The number of rotatable bonds is 4. The van der Waals surface area contributed by atoms with Crippen molar-refractivity contribution >= 4 is 12.0 Å². The number of carbonyl (C=O) groups is 2. The van der Waals surface area contributed by atoms with Crippen LogP contribution < -0.4 is 16.4 Å². The molecule has 6 heteroatoms. The number of nitrogens with one attached hydrogen (secondary N) is 2. The molecule has 0 heterocycles. The van der Waals surface area contributed by atoms with Crippen molar-refractivity contribution in [1.82, 2.24) is 10.6 Å². The minimum atomic E-state index is -0.563. The van der Waals surface area contributed by atoms with Gasteiger partial charge in [-0.05, 0) is 38.0 Å². The number of amides is 2. The van der Waals surface area contributed by atoms with Crippen molar-refractivity contribution in [3.05, 3.63) is 34.9 Å². The Hall–Kier alpha value is -2.08. The van der Waals surface area contributed by atoms with Crippen LogP contribution in [0.3, 0.4) is 0 Å². The summed E-state index contributed by atoms with van der Waals surface area (Å²) in [5, 5.41) is 5.22. The molecule has 1 aromatic rings. The average molecular weight is 293 g/mol. The first-order valence-electron chi connectivity index (χ1n) is 6.77. The number of ether oxygens (including phenoxy) is 1. The fourth-order valence-corrected chi connectivity index (χ4v) is 1.76. The lowest BCUT2D eigenvalue weighted by atomic mass is 10.0. The van der Waals surface area contributed by atoms with Gasteiger partial charge in [0.05, 0.1) is 0 Å². The summed E-state index contributed by atoms with van der Waals surface area (Å²) in [7, 11) is 1.56. The second-order valence-electron chi connectivity index (χ2n) is 5.63. The Morgan fingerprint density at radius 2 is 1.95 bits per heavy atom. The van der Waals surface area contributed by atoms with Crippen LogP contribution in [0.5, 0.6) is 0 Å². The van der Waals surface area contributed by atoms with Crippen LogP contribution in [0.4, 0.5) is 4.79 Å². The Balaban J connectivity index is 2.85. The first-order chi connectivity index (χ1) is 9.76. The van der Waals surface area contributed by atoms with E-state index in [1.807, 2.05) is 6.07 Å². The minimum Gasteiger partial charge on any atom is -0.444 e.